The molecule has 0 radical (unpaired) electrons. The number of amides is 3. The van der Waals surface area contributed by atoms with Crippen molar-refractivity contribution < 1.29 is 23.3 Å². The van der Waals surface area contributed by atoms with Gasteiger partial charge in [0.2, 0.25) is 10.0 Å². The molecule has 0 fully saturated rings. The Bertz CT molecular complexity index is 746. The van der Waals surface area contributed by atoms with Crippen LogP contribution in [0.25, 0.3) is 0 Å². The van der Waals surface area contributed by atoms with Gasteiger partial charge in [0.15, 0.2) is 6.54 Å². The highest BCUT2D eigenvalue weighted by atomic mass is 32.2. The van der Waals surface area contributed by atoms with Crippen LogP contribution in [0.15, 0.2) is 29.2 Å². The van der Waals surface area contributed by atoms with Crippen molar-refractivity contribution >= 4 is 22.0 Å². The van der Waals surface area contributed by atoms with E-state index in [0.29, 0.717) is 13.1 Å². The lowest BCUT2D eigenvalue weighted by Crippen LogP contribution is -2.87. The van der Waals surface area contributed by atoms with Crippen LogP contribution < -0.4 is 16.0 Å². The first kappa shape index (κ1) is 24.1. The summed E-state index contributed by atoms with van der Waals surface area (Å²) in [7, 11) is -3.48. The Morgan fingerprint density at radius 3 is 2.14 bits per heavy atom. The molecule has 1 rings (SSSR count). The van der Waals surface area contributed by atoms with E-state index >= 15 is 0 Å². The fourth-order valence-electron chi connectivity index (χ4n) is 2.62. The van der Waals surface area contributed by atoms with Gasteiger partial charge in [0.1, 0.15) is 6.04 Å². The first-order valence-corrected chi connectivity index (χ1v) is 11.1. The molecule has 0 aromatic heterocycles. The Morgan fingerprint density at radius 2 is 1.64 bits per heavy atom. The predicted octanol–water partition coefficient (Wildman–Crippen LogP) is 0.966. The molecule has 28 heavy (non-hydrogen) atoms. The number of nitrogens with one attached hydrogen (secondary N) is 2. The second kappa shape index (κ2) is 11.1. The SMILES string of the molecule is CC[C@H](C)NC(=O)NC(=O)C[NH2+][C@H](C)c1ccc(S(=O)(=O)N(CC)CC)cc1. The maximum absolute atomic E-state index is 12.5. The standard InChI is InChI=1S/C19H32N4O4S/c1-6-14(4)21-19(25)22-18(24)13-20-15(5)16-9-11-17(12-10-16)28(26,27)23(7-2)8-3/h9-12,14-15,20H,6-8,13H2,1-5H3,(H2,21,22,24,25)/p+1/t14-,15+/m0/s1. The first-order valence-electron chi connectivity index (χ1n) is 9.69. The summed E-state index contributed by atoms with van der Waals surface area (Å²) in [5, 5.41) is 6.77. The number of carbonyl (C=O) groups is 2. The van der Waals surface area contributed by atoms with Crippen LogP contribution in [0.4, 0.5) is 4.79 Å². The zero-order valence-electron chi connectivity index (χ0n) is 17.4. The second-order valence-electron chi connectivity index (χ2n) is 6.72. The third-order valence-corrected chi connectivity index (χ3v) is 6.71. The largest absolute Gasteiger partial charge is 0.335 e. The van der Waals surface area contributed by atoms with Gasteiger partial charge in [-0.1, -0.05) is 32.9 Å². The number of quaternary nitrogens is 1. The van der Waals surface area contributed by atoms with E-state index in [2.05, 4.69) is 10.6 Å². The van der Waals surface area contributed by atoms with E-state index in [0.717, 1.165) is 12.0 Å². The Morgan fingerprint density at radius 1 is 1.07 bits per heavy atom. The minimum Gasteiger partial charge on any atom is -0.335 e. The summed E-state index contributed by atoms with van der Waals surface area (Å²) < 4.78 is 26.4. The molecule has 0 aliphatic carbocycles. The van der Waals surface area contributed by atoms with Gasteiger partial charge in [0, 0.05) is 24.7 Å². The Hall–Kier alpha value is -1.97. The Balaban J connectivity index is 2.63. The normalized spacial score (nSPS) is 13.8. The summed E-state index contributed by atoms with van der Waals surface area (Å²) >= 11 is 0. The van der Waals surface area contributed by atoms with E-state index in [1.165, 1.54) is 4.31 Å². The topological polar surface area (TPSA) is 112 Å². The number of sulfonamides is 1. The van der Waals surface area contributed by atoms with Gasteiger partial charge in [0.05, 0.1) is 4.90 Å². The maximum atomic E-state index is 12.5. The minimum atomic E-state index is -3.48. The number of carbonyl (C=O) groups excluding carboxylic acids is 2. The van der Waals surface area contributed by atoms with Gasteiger partial charge in [-0.3, -0.25) is 10.1 Å². The number of rotatable bonds is 10. The highest BCUT2D eigenvalue weighted by Crippen LogP contribution is 2.18. The molecule has 1 aromatic carbocycles. The number of benzene rings is 1. The highest BCUT2D eigenvalue weighted by Gasteiger charge is 2.22. The number of hydrogen-bond donors (Lipinski definition) is 3. The maximum Gasteiger partial charge on any atom is 0.321 e. The Labute approximate surface area is 168 Å². The summed E-state index contributed by atoms with van der Waals surface area (Å²) in [5.74, 6) is -0.381. The lowest BCUT2D eigenvalue weighted by atomic mass is 10.1. The molecule has 0 heterocycles. The molecule has 0 saturated heterocycles. The van der Waals surface area contributed by atoms with Crippen LogP contribution in [0.1, 0.15) is 52.6 Å². The summed E-state index contributed by atoms with van der Waals surface area (Å²) in [5.41, 5.74) is 0.898. The molecule has 0 aliphatic rings. The van der Waals surface area contributed by atoms with Gasteiger partial charge in [-0.2, -0.15) is 4.31 Å². The molecule has 0 aliphatic heterocycles. The molecule has 2 atom stereocenters. The van der Waals surface area contributed by atoms with Crippen LogP contribution in [0.2, 0.25) is 0 Å². The molecule has 0 spiro atoms. The van der Waals surface area contributed by atoms with Gasteiger partial charge in [0.25, 0.3) is 5.91 Å². The van der Waals surface area contributed by atoms with Gasteiger partial charge in [-0.25, -0.2) is 13.2 Å². The lowest BCUT2D eigenvalue weighted by molar-refractivity contribution is -0.682. The summed E-state index contributed by atoms with van der Waals surface area (Å²) in [6, 6.07) is 6.14. The molecule has 9 heteroatoms. The van der Waals surface area contributed by atoms with Crippen molar-refractivity contribution in [2.24, 2.45) is 0 Å². The average Bonchev–Trinajstić information content (AvgIpc) is 2.66. The molecular formula is C19H33N4O4S+. The molecular weight excluding hydrogens is 380 g/mol. The molecule has 4 N–H and O–H groups in total. The first-order chi connectivity index (χ1) is 13.1. The van der Waals surface area contributed by atoms with Crippen molar-refractivity contribution in [3.63, 3.8) is 0 Å². The van der Waals surface area contributed by atoms with Crippen molar-refractivity contribution in [3.8, 4) is 0 Å². The number of urea groups is 1. The van der Waals surface area contributed by atoms with Crippen LogP contribution in [0.3, 0.4) is 0 Å². The molecule has 0 bridgehead atoms. The molecule has 3 amide bonds. The van der Waals surface area contributed by atoms with Gasteiger partial charge < -0.3 is 10.6 Å². The van der Waals surface area contributed by atoms with Gasteiger partial charge >= 0.3 is 6.03 Å². The third-order valence-electron chi connectivity index (χ3n) is 4.65. The van der Waals surface area contributed by atoms with Crippen molar-refractivity contribution in [3.05, 3.63) is 29.8 Å². The molecule has 0 saturated carbocycles. The predicted molar refractivity (Wildman–Crippen MR) is 108 cm³/mol. The fraction of sp³-hybridized carbons (Fsp3) is 0.579. The second-order valence-corrected chi connectivity index (χ2v) is 8.66. The van der Waals surface area contributed by atoms with Crippen molar-refractivity contribution in [2.75, 3.05) is 19.6 Å². The van der Waals surface area contributed by atoms with Crippen LogP contribution in [0.5, 0.6) is 0 Å². The van der Waals surface area contributed by atoms with Crippen LogP contribution >= 0.6 is 0 Å². The van der Waals surface area contributed by atoms with E-state index < -0.39 is 16.1 Å². The van der Waals surface area contributed by atoms with Gasteiger partial charge in [-0.15, -0.1) is 0 Å². The molecule has 158 valence electrons. The van der Waals surface area contributed by atoms with Gasteiger partial charge in [-0.05, 0) is 32.4 Å². The van der Waals surface area contributed by atoms with Crippen LogP contribution in [-0.4, -0.2) is 50.3 Å². The molecule has 0 unspecified atom stereocenters. The zero-order chi connectivity index (χ0) is 21.3. The van der Waals surface area contributed by atoms with Crippen LogP contribution in [-0.2, 0) is 14.8 Å². The van der Waals surface area contributed by atoms with E-state index in [-0.39, 0.29) is 29.4 Å². The summed E-state index contributed by atoms with van der Waals surface area (Å²) in [6.45, 7) is 10.3. The molecule has 8 nitrogen and oxygen atoms in total. The zero-order valence-corrected chi connectivity index (χ0v) is 18.2. The van der Waals surface area contributed by atoms with Crippen molar-refractivity contribution in [1.29, 1.82) is 0 Å². The minimum absolute atomic E-state index is 0.00170. The van der Waals surface area contributed by atoms with E-state index in [4.69, 9.17) is 0 Å². The highest BCUT2D eigenvalue weighted by molar-refractivity contribution is 7.89. The average molecular weight is 414 g/mol. The van der Waals surface area contributed by atoms with E-state index in [1.54, 1.807) is 43.4 Å². The number of nitrogens with two attached hydrogens (primary N) is 1. The monoisotopic (exact) mass is 413 g/mol. The summed E-state index contributed by atoms with van der Waals surface area (Å²) in [4.78, 5) is 23.8. The van der Waals surface area contributed by atoms with Crippen molar-refractivity contribution in [2.45, 2.75) is 58.0 Å². The summed E-state index contributed by atoms with van der Waals surface area (Å²) in [6.07, 6.45) is 0.782. The van der Waals surface area contributed by atoms with E-state index in [9.17, 15) is 18.0 Å². The quantitative estimate of drug-likeness (QED) is 0.530. The van der Waals surface area contributed by atoms with E-state index in [1.807, 2.05) is 20.8 Å². The fourth-order valence-corrected chi connectivity index (χ4v) is 4.07. The smallest absolute Gasteiger partial charge is 0.321 e. The lowest BCUT2D eigenvalue weighted by Gasteiger charge is -2.19. The third kappa shape index (κ3) is 6.88. The Kier molecular flexibility index (Phi) is 9.57. The van der Waals surface area contributed by atoms with Crippen molar-refractivity contribution in [1.82, 2.24) is 14.9 Å². The number of nitrogens with zero attached hydrogens (tertiary/aromatic N) is 1. The van der Waals surface area contributed by atoms with Crippen LogP contribution in [0, 0.1) is 0 Å². The molecule has 1 aromatic rings. The number of imide groups is 1. The number of hydrogen-bond acceptors (Lipinski definition) is 4.